The highest BCUT2D eigenvalue weighted by Crippen LogP contribution is 2.18. The average Bonchev–Trinajstić information content (AvgIpc) is 2.47. The number of rotatable bonds is 3. The minimum Gasteiger partial charge on any atom is -0.444 e. The van der Waals surface area contributed by atoms with E-state index in [4.69, 9.17) is 14.2 Å². The minimum absolute atomic E-state index is 0.123. The van der Waals surface area contributed by atoms with Crippen molar-refractivity contribution < 1.29 is 19.0 Å². The molecular formula is C16H30N2O4. The molecule has 2 aliphatic rings. The van der Waals surface area contributed by atoms with Crippen molar-refractivity contribution in [3.05, 3.63) is 0 Å². The van der Waals surface area contributed by atoms with Gasteiger partial charge in [0.25, 0.3) is 0 Å². The van der Waals surface area contributed by atoms with Crippen LogP contribution in [-0.4, -0.2) is 68.2 Å². The van der Waals surface area contributed by atoms with Crippen molar-refractivity contribution in [1.82, 2.24) is 10.2 Å². The van der Waals surface area contributed by atoms with Crippen LogP contribution in [0.1, 0.15) is 40.0 Å². The first kappa shape index (κ1) is 17.5. The van der Waals surface area contributed by atoms with E-state index in [1.807, 2.05) is 20.8 Å². The molecule has 0 aromatic carbocycles. The van der Waals surface area contributed by atoms with Crippen molar-refractivity contribution in [2.45, 2.75) is 63.8 Å². The maximum absolute atomic E-state index is 12.1. The predicted octanol–water partition coefficient (Wildman–Crippen LogP) is 1.78. The summed E-state index contributed by atoms with van der Waals surface area (Å²) in [6.45, 7) is 8.62. The van der Waals surface area contributed by atoms with Gasteiger partial charge in [-0.15, -0.1) is 0 Å². The molecule has 0 radical (unpaired) electrons. The van der Waals surface area contributed by atoms with Crippen LogP contribution in [0.25, 0.3) is 0 Å². The van der Waals surface area contributed by atoms with Crippen molar-refractivity contribution in [3.63, 3.8) is 0 Å². The van der Waals surface area contributed by atoms with E-state index in [1.165, 1.54) is 0 Å². The molecule has 2 saturated heterocycles. The first-order valence-electron chi connectivity index (χ1n) is 8.23. The molecule has 0 unspecified atom stereocenters. The van der Waals surface area contributed by atoms with E-state index in [1.54, 1.807) is 12.0 Å². The van der Waals surface area contributed by atoms with Gasteiger partial charge in [-0.05, 0) is 40.0 Å². The van der Waals surface area contributed by atoms with E-state index in [0.717, 1.165) is 39.0 Å². The molecular weight excluding hydrogens is 284 g/mol. The number of hydrogen-bond donors (Lipinski definition) is 1. The minimum atomic E-state index is -0.431. The molecule has 0 saturated carbocycles. The fraction of sp³-hybridized carbons (Fsp3) is 0.938. The maximum atomic E-state index is 12.1. The summed E-state index contributed by atoms with van der Waals surface area (Å²) in [6.07, 6.45) is 2.80. The Morgan fingerprint density at radius 1 is 1.23 bits per heavy atom. The highest BCUT2D eigenvalue weighted by Gasteiger charge is 2.31. The van der Waals surface area contributed by atoms with Crippen LogP contribution in [0.15, 0.2) is 0 Å². The zero-order chi connectivity index (χ0) is 16.2. The molecule has 0 aliphatic carbocycles. The lowest BCUT2D eigenvalue weighted by atomic mass is 10.00. The lowest BCUT2D eigenvalue weighted by molar-refractivity contribution is -0.0537. The van der Waals surface area contributed by atoms with Gasteiger partial charge >= 0.3 is 6.09 Å². The Bertz CT molecular complexity index is 362. The molecule has 1 amide bonds. The molecule has 2 atom stereocenters. The summed E-state index contributed by atoms with van der Waals surface area (Å²) < 4.78 is 16.4. The third kappa shape index (κ3) is 5.11. The summed E-state index contributed by atoms with van der Waals surface area (Å²) in [4.78, 5) is 13.9. The Labute approximate surface area is 133 Å². The van der Waals surface area contributed by atoms with E-state index in [2.05, 4.69) is 5.32 Å². The Kier molecular flexibility index (Phi) is 6.06. The monoisotopic (exact) mass is 314 g/mol. The first-order valence-corrected chi connectivity index (χ1v) is 8.23. The summed E-state index contributed by atoms with van der Waals surface area (Å²) in [5.74, 6) is 0. The van der Waals surface area contributed by atoms with Crippen LogP contribution < -0.4 is 5.32 Å². The number of hydrogen-bond acceptors (Lipinski definition) is 5. The van der Waals surface area contributed by atoms with Crippen LogP contribution in [0.4, 0.5) is 4.79 Å². The number of nitrogens with one attached hydrogen (secondary N) is 1. The summed E-state index contributed by atoms with van der Waals surface area (Å²) in [7, 11) is 1.74. The van der Waals surface area contributed by atoms with Crippen LogP contribution >= 0.6 is 0 Å². The second-order valence-corrected chi connectivity index (χ2v) is 7.15. The topological polar surface area (TPSA) is 60.0 Å². The number of methoxy groups -OCH3 is 1. The predicted molar refractivity (Wildman–Crippen MR) is 84.0 cm³/mol. The third-order valence-corrected chi connectivity index (χ3v) is 4.20. The lowest BCUT2D eigenvalue weighted by Crippen LogP contribution is -2.54. The summed E-state index contributed by atoms with van der Waals surface area (Å²) in [6, 6.07) is 0.774. The van der Waals surface area contributed by atoms with E-state index in [9.17, 15) is 4.79 Å². The van der Waals surface area contributed by atoms with Gasteiger partial charge in [0.05, 0.1) is 12.7 Å². The largest absolute Gasteiger partial charge is 0.444 e. The van der Waals surface area contributed by atoms with Gasteiger partial charge in [-0.1, -0.05) is 0 Å². The Balaban J connectivity index is 1.76. The number of likely N-dealkylation sites (tertiary alicyclic amines) is 1. The fourth-order valence-corrected chi connectivity index (χ4v) is 2.99. The zero-order valence-electron chi connectivity index (χ0n) is 14.3. The molecule has 6 nitrogen and oxygen atoms in total. The Morgan fingerprint density at radius 2 is 1.91 bits per heavy atom. The van der Waals surface area contributed by atoms with Gasteiger partial charge in [0.1, 0.15) is 5.60 Å². The molecule has 0 bridgehead atoms. The summed E-state index contributed by atoms with van der Waals surface area (Å²) >= 11 is 0. The second-order valence-electron chi connectivity index (χ2n) is 7.15. The number of ether oxygens (including phenoxy) is 3. The molecule has 0 aromatic heterocycles. The molecule has 2 heterocycles. The fourth-order valence-electron chi connectivity index (χ4n) is 2.99. The lowest BCUT2D eigenvalue weighted by Gasteiger charge is -2.38. The molecule has 2 fully saturated rings. The zero-order valence-corrected chi connectivity index (χ0v) is 14.3. The van der Waals surface area contributed by atoms with Crippen LogP contribution in [0.3, 0.4) is 0 Å². The Hall–Kier alpha value is -0.850. The van der Waals surface area contributed by atoms with E-state index in [-0.39, 0.29) is 12.2 Å². The molecule has 2 rings (SSSR count). The Morgan fingerprint density at radius 3 is 2.50 bits per heavy atom. The van der Waals surface area contributed by atoms with Crippen LogP contribution in [0.2, 0.25) is 0 Å². The van der Waals surface area contributed by atoms with Gasteiger partial charge in [0.2, 0.25) is 0 Å². The quantitative estimate of drug-likeness (QED) is 0.860. The van der Waals surface area contributed by atoms with Crippen molar-refractivity contribution in [3.8, 4) is 0 Å². The van der Waals surface area contributed by atoms with E-state index < -0.39 is 5.60 Å². The third-order valence-electron chi connectivity index (χ3n) is 4.20. The summed E-state index contributed by atoms with van der Waals surface area (Å²) in [5.41, 5.74) is -0.431. The van der Waals surface area contributed by atoms with Crippen molar-refractivity contribution in [1.29, 1.82) is 0 Å². The van der Waals surface area contributed by atoms with Gasteiger partial charge in [0, 0.05) is 38.9 Å². The molecule has 2 aliphatic heterocycles. The first-order chi connectivity index (χ1) is 10.4. The van der Waals surface area contributed by atoms with Gasteiger partial charge in [0.15, 0.2) is 0 Å². The smallest absolute Gasteiger partial charge is 0.410 e. The average molecular weight is 314 g/mol. The molecule has 0 aromatic rings. The maximum Gasteiger partial charge on any atom is 0.410 e. The van der Waals surface area contributed by atoms with Crippen molar-refractivity contribution in [2.24, 2.45) is 0 Å². The van der Waals surface area contributed by atoms with E-state index in [0.29, 0.717) is 18.7 Å². The highest BCUT2D eigenvalue weighted by molar-refractivity contribution is 5.68. The normalized spacial score (nSPS) is 27.7. The standard InChI is InChI=1S/C16H30N2O4/c1-16(2,3)22-15(19)18-8-5-12(6-9-18)17-13-7-10-21-11-14(13)20-4/h12-14,17H,5-11H2,1-4H3/t13-,14+/m1/s1. The highest BCUT2D eigenvalue weighted by atomic mass is 16.6. The van der Waals surface area contributed by atoms with Gasteiger partial charge in [-0.25, -0.2) is 4.79 Å². The number of piperidine rings is 1. The molecule has 22 heavy (non-hydrogen) atoms. The molecule has 6 heteroatoms. The number of amides is 1. The summed E-state index contributed by atoms with van der Waals surface area (Å²) in [5, 5.41) is 3.68. The van der Waals surface area contributed by atoms with Gasteiger partial charge < -0.3 is 24.4 Å². The van der Waals surface area contributed by atoms with Gasteiger partial charge in [-0.2, -0.15) is 0 Å². The molecule has 0 spiro atoms. The number of nitrogens with zero attached hydrogens (tertiary/aromatic N) is 1. The second kappa shape index (κ2) is 7.62. The van der Waals surface area contributed by atoms with Gasteiger partial charge in [-0.3, -0.25) is 0 Å². The van der Waals surface area contributed by atoms with Crippen LogP contribution in [0, 0.1) is 0 Å². The number of carbonyl (C=O) groups excluding carboxylic acids is 1. The SMILES string of the molecule is CO[C@H]1COCC[C@H]1NC1CCN(C(=O)OC(C)(C)C)CC1. The van der Waals surface area contributed by atoms with E-state index >= 15 is 0 Å². The molecule has 1 N–H and O–H groups in total. The van der Waals surface area contributed by atoms with Crippen molar-refractivity contribution in [2.75, 3.05) is 33.4 Å². The number of carbonyl (C=O) groups is 1. The molecule has 128 valence electrons. The van der Waals surface area contributed by atoms with Crippen molar-refractivity contribution >= 4 is 6.09 Å². The van der Waals surface area contributed by atoms with Crippen LogP contribution in [0.5, 0.6) is 0 Å². The van der Waals surface area contributed by atoms with Crippen LogP contribution in [-0.2, 0) is 14.2 Å².